The molecule has 0 unspecified atom stereocenters. The van der Waals surface area contributed by atoms with Crippen LogP contribution >= 0.6 is 11.6 Å². The fraction of sp³-hybridized carbons (Fsp3) is 0.222. The van der Waals surface area contributed by atoms with E-state index in [9.17, 15) is 4.79 Å². The quantitative estimate of drug-likeness (QED) is 0.479. The second-order valence-electron chi connectivity index (χ2n) is 3.18. The zero-order chi connectivity index (χ0) is 12.1. The molecule has 16 heavy (non-hydrogen) atoms. The summed E-state index contributed by atoms with van der Waals surface area (Å²) >= 11 is 5.79. The fourth-order valence-electron chi connectivity index (χ4n) is 0.951. The van der Waals surface area contributed by atoms with Crippen molar-refractivity contribution in [1.29, 1.82) is 0 Å². The number of hydrogen-bond donors (Lipinski definition) is 1. The Morgan fingerprint density at radius 2 is 2.25 bits per heavy atom. The highest BCUT2D eigenvalue weighted by Gasteiger charge is 2.05. The van der Waals surface area contributed by atoms with E-state index in [2.05, 4.69) is 15.3 Å². The molecule has 2 amide bonds. The first-order valence-corrected chi connectivity index (χ1v) is 4.75. The van der Waals surface area contributed by atoms with Gasteiger partial charge in [-0.1, -0.05) is 16.7 Å². The van der Waals surface area contributed by atoms with E-state index in [-0.39, 0.29) is 11.7 Å². The van der Waals surface area contributed by atoms with E-state index < -0.39 is 0 Å². The van der Waals surface area contributed by atoms with Gasteiger partial charge in [0.25, 0.3) is 0 Å². The van der Waals surface area contributed by atoms with Crippen LogP contribution in [0.25, 0.3) is 10.4 Å². The minimum absolute atomic E-state index is 0.269. The molecule has 84 valence electrons. The largest absolute Gasteiger partial charge is 0.331 e. The van der Waals surface area contributed by atoms with Crippen LogP contribution in [0, 0.1) is 0 Å². The third kappa shape index (κ3) is 3.05. The maximum absolute atomic E-state index is 11.3. The van der Waals surface area contributed by atoms with Gasteiger partial charge in [-0.05, 0) is 23.7 Å². The molecule has 0 saturated carbocycles. The molecule has 0 saturated heterocycles. The van der Waals surface area contributed by atoms with Crippen molar-refractivity contribution in [2.75, 3.05) is 19.4 Å². The standard InChI is InChI=1S/C9H10ClN5O/c1-15(2)9(16)12-6-3-4-7(10)8(5-6)13-14-11/h3-5H,1-2H3,(H,12,16). The van der Waals surface area contributed by atoms with Crippen molar-refractivity contribution in [2.45, 2.75) is 0 Å². The molecule has 0 aromatic heterocycles. The summed E-state index contributed by atoms with van der Waals surface area (Å²) in [6, 6.07) is 4.41. The molecular formula is C9H10ClN5O. The lowest BCUT2D eigenvalue weighted by Gasteiger charge is -2.12. The summed E-state index contributed by atoms with van der Waals surface area (Å²) in [5.41, 5.74) is 9.11. The molecule has 0 fully saturated rings. The first-order valence-electron chi connectivity index (χ1n) is 4.37. The Balaban J connectivity index is 2.95. The molecular weight excluding hydrogens is 230 g/mol. The van der Waals surface area contributed by atoms with Gasteiger partial charge >= 0.3 is 6.03 Å². The predicted molar refractivity (Wildman–Crippen MR) is 63.0 cm³/mol. The predicted octanol–water partition coefficient (Wildman–Crippen LogP) is 3.38. The Hall–Kier alpha value is -1.91. The maximum atomic E-state index is 11.3. The average molecular weight is 240 g/mol. The van der Waals surface area contributed by atoms with Crippen LogP contribution < -0.4 is 5.32 Å². The molecule has 0 bridgehead atoms. The normalized spacial score (nSPS) is 9.19. The third-order valence-corrected chi connectivity index (χ3v) is 2.08. The molecule has 0 aliphatic carbocycles. The molecule has 6 nitrogen and oxygen atoms in total. The van der Waals surface area contributed by atoms with Crippen LogP contribution in [0.2, 0.25) is 5.02 Å². The molecule has 1 aromatic carbocycles. The third-order valence-electron chi connectivity index (χ3n) is 1.76. The van der Waals surface area contributed by atoms with Gasteiger partial charge in [0, 0.05) is 24.7 Å². The second-order valence-corrected chi connectivity index (χ2v) is 3.59. The molecule has 0 heterocycles. The first-order chi connectivity index (χ1) is 7.54. The molecule has 0 radical (unpaired) electrons. The van der Waals surface area contributed by atoms with Gasteiger partial charge in [0.05, 0.1) is 10.7 Å². The highest BCUT2D eigenvalue weighted by atomic mass is 35.5. The summed E-state index contributed by atoms with van der Waals surface area (Å²) in [6.45, 7) is 0. The number of nitrogens with zero attached hydrogens (tertiary/aromatic N) is 4. The van der Waals surface area contributed by atoms with E-state index in [1.54, 1.807) is 26.2 Å². The van der Waals surface area contributed by atoms with Gasteiger partial charge in [-0.15, -0.1) is 0 Å². The van der Waals surface area contributed by atoms with E-state index in [4.69, 9.17) is 17.1 Å². The summed E-state index contributed by atoms with van der Waals surface area (Å²) in [4.78, 5) is 15.4. The summed E-state index contributed by atoms with van der Waals surface area (Å²) in [5.74, 6) is 0. The first kappa shape index (κ1) is 12.2. The van der Waals surface area contributed by atoms with E-state index >= 15 is 0 Å². The number of urea groups is 1. The minimum Gasteiger partial charge on any atom is -0.331 e. The van der Waals surface area contributed by atoms with Gasteiger partial charge in [-0.2, -0.15) is 0 Å². The zero-order valence-electron chi connectivity index (χ0n) is 8.81. The fourth-order valence-corrected chi connectivity index (χ4v) is 1.11. The number of rotatable bonds is 2. The Kier molecular flexibility index (Phi) is 3.99. The number of carbonyl (C=O) groups is 1. The lowest BCUT2D eigenvalue weighted by molar-refractivity contribution is 0.230. The molecule has 0 atom stereocenters. The zero-order valence-corrected chi connectivity index (χ0v) is 9.56. The van der Waals surface area contributed by atoms with Crippen molar-refractivity contribution >= 4 is 29.0 Å². The Labute approximate surface area is 97.4 Å². The van der Waals surface area contributed by atoms with Crippen molar-refractivity contribution in [3.63, 3.8) is 0 Å². The number of hydrogen-bond acceptors (Lipinski definition) is 2. The van der Waals surface area contributed by atoms with Crippen LogP contribution in [0.5, 0.6) is 0 Å². The second kappa shape index (κ2) is 5.25. The number of benzene rings is 1. The highest BCUT2D eigenvalue weighted by molar-refractivity contribution is 6.33. The van der Waals surface area contributed by atoms with Crippen LogP contribution in [0.4, 0.5) is 16.2 Å². The van der Waals surface area contributed by atoms with Gasteiger partial charge in [-0.3, -0.25) is 0 Å². The van der Waals surface area contributed by atoms with Crippen molar-refractivity contribution in [1.82, 2.24) is 4.90 Å². The summed E-state index contributed by atoms with van der Waals surface area (Å²) < 4.78 is 0. The molecule has 0 spiro atoms. The molecule has 1 N–H and O–H groups in total. The number of azide groups is 1. The monoisotopic (exact) mass is 239 g/mol. The van der Waals surface area contributed by atoms with Crippen molar-refractivity contribution in [3.05, 3.63) is 33.7 Å². The van der Waals surface area contributed by atoms with E-state index in [0.717, 1.165) is 0 Å². The number of anilines is 1. The molecule has 0 aliphatic rings. The van der Waals surface area contributed by atoms with Crippen LogP contribution in [-0.2, 0) is 0 Å². The van der Waals surface area contributed by atoms with Gasteiger partial charge in [0.2, 0.25) is 0 Å². The number of amides is 2. The van der Waals surface area contributed by atoms with Crippen LogP contribution in [0.15, 0.2) is 23.3 Å². The molecule has 1 rings (SSSR count). The Morgan fingerprint density at radius 3 is 2.81 bits per heavy atom. The summed E-state index contributed by atoms with van der Waals surface area (Å²) in [7, 11) is 3.25. The Morgan fingerprint density at radius 1 is 1.56 bits per heavy atom. The van der Waals surface area contributed by atoms with E-state index in [1.807, 2.05) is 0 Å². The van der Waals surface area contributed by atoms with Gasteiger partial charge < -0.3 is 10.2 Å². The SMILES string of the molecule is CN(C)C(=O)Nc1ccc(Cl)c(N=[N+]=[N-])c1. The number of halogens is 1. The van der Waals surface area contributed by atoms with Gasteiger partial charge in [0.1, 0.15) is 0 Å². The highest BCUT2D eigenvalue weighted by Crippen LogP contribution is 2.28. The van der Waals surface area contributed by atoms with E-state index in [0.29, 0.717) is 10.7 Å². The van der Waals surface area contributed by atoms with Crippen LogP contribution in [-0.4, -0.2) is 25.0 Å². The summed E-state index contributed by atoms with van der Waals surface area (Å²) in [6.07, 6.45) is 0. The lowest BCUT2D eigenvalue weighted by atomic mass is 10.3. The minimum atomic E-state index is -0.269. The summed E-state index contributed by atoms with van der Waals surface area (Å²) in [5, 5.41) is 6.35. The van der Waals surface area contributed by atoms with Gasteiger partial charge in [-0.25, -0.2) is 4.79 Å². The molecule has 7 heteroatoms. The van der Waals surface area contributed by atoms with Crippen molar-refractivity contribution < 1.29 is 4.79 Å². The molecule has 0 aliphatic heterocycles. The number of carbonyl (C=O) groups excluding carboxylic acids is 1. The average Bonchev–Trinajstić information content (AvgIpc) is 2.23. The number of nitrogens with one attached hydrogen (secondary N) is 1. The van der Waals surface area contributed by atoms with Crippen LogP contribution in [0.1, 0.15) is 0 Å². The van der Waals surface area contributed by atoms with E-state index in [1.165, 1.54) is 11.0 Å². The lowest BCUT2D eigenvalue weighted by Crippen LogP contribution is -2.27. The van der Waals surface area contributed by atoms with Crippen molar-refractivity contribution in [3.8, 4) is 0 Å². The topological polar surface area (TPSA) is 81.1 Å². The molecule has 1 aromatic rings. The maximum Gasteiger partial charge on any atom is 0.321 e. The Bertz CT molecular complexity index is 453. The van der Waals surface area contributed by atoms with Crippen LogP contribution in [0.3, 0.4) is 0 Å². The smallest absolute Gasteiger partial charge is 0.321 e. The van der Waals surface area contributed by atoms with Crippen molar-refractivity contribution in [2.24, 2.45) is 5.11 Å². The van der Waals surface area contributed by atoms with Gasteiger partial charge in [0.15, 0.2) is 0 Å².